The van der Waals surface area contributed by atoms with Crippen LogP contribution in [0.1, 0.15) is 18.9 Å². The van der Waals surface area contributed by atoms with Crippen molar-refractivity contribution < 1.29 is 8.78 Å². The molecule has 0 saturated carbocycles. The van der Waals surface area contributed by atoms with Crippen LogP contribution in [-0.2, 0) is 5.92 Å². The Morgan fingerprint density at radius 2 is 1.93 bits per heavy atom. The van der Waals surface area contributed by atoms with E-state index < -0.39 is 5.92 Å². The quantitative estimate of drug-likeness (QED) is 0.784. The van der Waals surface area contributed by atoms with Crippen molar-refractivity contribution >= 4 is 11.4 Å². The van der Waals surface area contributed by atoms with Crippen molar-refractivity contribution in [2.45, 2.75) is 19.3 Å². The van der Waals surface area contributed by atoms with Crippen LogP contribution >= 0.6 is 0 Å². The number of alkyl halides is 2. The third kappa shape index (κ3) is 2.37. The van der Waals surface area contributed by atoms with Crippen LogP contribution in [0.4, 0.5) is 20.2 Å². The lowest BCUT2D eigenvalue weighted by molar-refractivity contribution is -0.00822. The highest BCUT2D eigenvalue weighted by Gasteiger charge is 2.29. The average Bonchev–Trinajstić information content (AvgIpc) is 2.17. The van der Waals surface area contributed by atoms with Crippen LogP contribution in [0.3, 0.4) is 0 Å². The summed E-state index contributed by atoms with van der Waals surface area (Å²) in [6.45, 7) is 1.45. The summed E-state index contributed by atoms with van der Waals surface area (Å²) in [6, 6.07) is 4.39. The van der Waals surface area contributed by atoms with Crippen LogP contribution < -0.4 is 10.6 Å². The van der Waals surface area contributed by atoms with Crippen LogP contribution in [0.5, 0.6) is 0 Å². The molecule has 0 unspecified atom stereocenters. The van der Waals surface area contributed by atoms with E-state index in [-0.39, 0.29) is 12.0 Å². The normalized spacial score (nSPS) is 11.5. The second kappa shape index (κ2) is 4.04. The van der Waals surface area contributed by atoms with Gasteiger partial charge in [-0.1, -0.05) is 13.0 Å². The number of hydrogen-bond donors (Lipinski definition) is 1. The van der Waals surface area contributed by atoms with E-state index in [2.05, 4.69) is 0 Å². The van der Waals surface area contributed by atoms with Gasteiger partial charge in [0.15, 0.2) is 0 Å². The predicted molar refractivity (Wildman–Crippen MR) is 59.4 cm³/mol. The molecule has 0 fully saturated rings. The first kappa shape index (κ1) is 11.8. The fourth-order valence-corrected chi connectivity index (χ4v) is 1.39. The van der Waals surface area contributed by atoms with Crippen LogP contribution in [0.25, 0.3) is 0 Å². The Kier molecular flexibility index (Phi) is 3.17. The fourth-order valence-electron chi connectivity index (χ4n) is 1.39. The van der Waals surface area contributed by atoms with Gasteiger partial charge in [-0.3, -0.25) is 0 Å². The van der Waals surface area contributed by atoms with Crippen molar-refractivity contribution in [2.75, 3.05) is 24.7 Å². The number of anilines is 2. The first-order chi connectivity index (χ1) is 6.88. The van der Waals surface area contributed by atoms with Crippen molar-refractivity contribution in [3.05, 3.63) is 23.8 Å². The number of nitrogens with zero attached hydrogens (tertiary/aromatic N) is 1. The third-order valence-electron chi connectivity index (χ3n) is 2.38. The fraction of sp³-hybridized carbons (Fsp3) is 0.455. The van der Waals surface area contributed by atoms with Gasteiger partial charge >= 0.3 is 0 Å². The predicted octanol–water partition coefficient (Wildman–Crippen LogP) is 2.84. The summed E-state index contributed by atoms with van der Waals surface area (Å²) in [5, 5.41) is 0. The Bertz CT molecular complexity index is 348. The highest BCUT2D eigenvalue weighted by molar-refractivity contribution is 5.68. The number of nitrogen functional groups attached to an aromatic ring is 1. The molecule has 15 heavy (non-hydrogen) atoms. The smallest absolute Gasteiger partial charge is 0.273 e. The first-order valence-electron chi connectivity index (χ1n) is 4.83. The molecule has 2 N–H and O–H groups in total. The van der Waals surface area contributed by atoms with E-state index in [0.29, 0.717) is 5.69 Å². The van der Waals surface area contributed by atoms with Crippen LogP contribution in [-0.4, -0.2) is 14.1 Å². The van der Waals surface area contributed by atoms with E-state index >= 15 is 0 Å². The Labute approximate surface area is 88.7 Å². The lowest BCUT2D eigenvalue weighted by Crippen LogP contribution is -2.15. The van der Waals surface area contributed by atoms with Crippen LogP contribution in [0.15, 0.2) is 18.2 Å². The largest absolute Gasteiger partial charge is 0.397 e. The van der Waals surface area contributed by atoms with Crippen molar-refractivity contribution in [1.82, 2.24) is 0 Å². The van der Waals surface area contributed by atoms with Gasteiger partial charge in [-0.15, -0.1) is 0 Å². The van der Waals surface area contributed by atoms with Crippen LogP contribution in [0.2, 0.25) is 0 Å². The number of benzene rings is 1. The second-order valence-corrected chi connectivity index (χ2v) is 3.73. The molecule has 0 bridgehead atoms. The summed E-state index contributed by atoms with van der Waals surface area (Å²) in [7, 11) is 3.65. The molecule has 0 radical (unpaired) electrons. The molecular formula is C11H16F2N2. The van der Waals surface area contributed by atoms with Gasteiger partial charge in [-0.25, -0.2) is 8.78 Å². The summed E-state index contributed by atoms with van der Waals surface area (Å²) in [5.74, 6) is -2.79. The number of nitrogens with two attached hydrogens (primary N) is 1. The summed E-state index contributed by atoms with van der Waals surface area (Å²) in [5.41, 5.74) is 6.81. The van der Waals surface area contributed by atoms with Crippen molar-refractivity contribution in [3.8, 4) is 0 Å². The molecular weight excluding hydrogens is 198 g/mol. The molecule has 84 valence electrons. The molecule has 2 nitrogen and oxygen atoms in total. The molecule has 4 heteroatoms. The Morgan fingerprint density at radius 1 is 1.33 bits per heavy atom. The zero-order valence-corrected chi connectivity index (χ0v) is 9.22. The Morgan fingerprint density at radius 3 is 2.33 bits per heavy atom. The SMILES string of the molecule is CCC(F)(F)c1ccc(N(C)C)c(N)c1. The molecule has 0 aliphatic rings. The Balaban J connectivity index is 3.12. The van der Waals surface area contributed by atoms with E-state index in [9.17, 15) is 8.78 Å². The van der Waals surface area contributed by atoms with E-state index in [4.69, 9.17) is 5.73 Å². The van der Waals surface area contributed by atoms with Crippen molar-refractivity contribution in [1.29, 1.82) is 0 Å². The zero-order chi connectivity index (χ0) is 11.6. The molecule has 0 spiro atoms. The van der Waals surface area contributed by atoms with E-state index in [1.165, 1.54) is 19.1 Å². The lowest BCUT2D eigenvalue weighted by Gasteiger charge is -2.19. The van der Waals surface area contributed by atoms with Gasteiger partial charge in [0.05, 0.1) is 11.4 Å². The number of halogens is 2. The minimum atomic E-state index is -2.79. The second-order valence-electron chi connectivity index (χ2n) is 3.73. The van der Waals surface area contributed by atoms with Gasteiger partial charge in [0.25, 0.3) is 5.92 Å². The maximum Gasteiger partial charge on any atom is 0.273 e. The van der Waals surface area contributed by atoms with Gasteiger partial charge < -0.3 is 10.6 Å². The minimum absolute atomic E-state index is 0.0203. The highest BCUT2D eigenvalue weighted by Crippen LogP contribution is 2.34. The van der Waals surface area contributed by atoms with Crippen LogP contribution in [0, 0.1) is 0 Å². The van der Waals surface area contributed by atoms with Gasteiger partial charge in [-0.05, 0) is 12.1 Å². The zero-order valence-electron chi connectivity index (χ0n) is 9.22. The van der Waals surface area contributed by atoms with Crippen molar-refractivity contribution in [3.63, 3.8) is 0 Å². The molecule has 0 atom stereocenters. The monoisotopic (exact) mass is 214 g/mol. The van der Waals surface area contributed by atoms with Gasteiger partial charge in [0, 0.05) is 26.1 Å². The molecule has 1 aromatic carbocycles. The minimum Gasteiger partial charge on any atom is -0.397 e. The summed E-state index contributed by atoms with van der Waals surface area (Å²) in [6.07, 6.45) is -0.215. The first-order valence-corrected chi connectivity index (χ1v) is 4.83. The summed E-state index contributed by atoms with van der Waals surface area (Å²) < 4.78 is 26.7. The van der Waals surface area contributed by atoms with Crippen molar-refractivity contribution in [2.24, 2.45) is 0 Å². The molecule has 1 rings (SSSR count). The molecule has 0 aromatic heterocycles. The molecule has 0 amide bonds. The standard InChI is InChI=1S/C11H16F2N2/c1-4-11(12,13)8-5-6-10(15(2)3)9(14)7-8/h5-7H,4,14H2,1-3H3. The highest BCUT2D eigenvalue weighted by atomic mass is 19.3. The molecule has 0 aliphatic heterocycles. The number of hydrogen-bond acceptors (Lipinski definition) is 2. The van der Waals surface area contributed by atoms with E-state index in [1.807, 2.05) is 14.1 Å². The molecule has 0 aliphatic carbocycles. The molecule has 0 heterocycles. The maximum absolute atomic E-state index is 13.3. The molecule has 1 aromatic rings. The molecule has 0 saturated heterocycles. The average molecular weight is 214 g/mol. The van der Waals surface area contributed by atoms with E-state index in [1.54, 1.807) is 11.0 Å². The summed E-state index contributed by atoms with van der Waals surface area (Å²) >= 11 is 0. The van der Waals surface area contributed by atoms with E-state index in [0.717, 1.165) is 5.69 Å². The van der Waals surface area contributed by atoms with Gasteiger partial charge in [0.1, 0.15) is 0 Å². The van der Waals surface area contributed by atoms with Gasteiger partial charge in [0.2, 0.25) is 0 Å². The van der Waals surface area contributed by atoms with Gasteiger partial charge in [-0.2, -0.15) is 0 Å². The Hall–Kier alpha value is -1.32. The lowest BCUT2D eigenvalue weighted by atomic mass is 10.0. The third-order valence-corrected chi connectivity index (χ3v) is 2.38. The topological polar surface area (TPSA) is 29.3 Å². The maximum atomic E-state index is 13.3. The summed E-state index contributed by atoms with van der Waals surface area (Å²) in [4.78, 5) is 1.79. The number of rotatable bonds is 3.